The third-order valence-electron chi connectivity index (χ3n) is 24.9. The number of aliphatic hydroxyl groups is 3. The summed E-state index contributed by atoms with van der Waals surface area (Å²) in [5.74, 6) is -7.04. The Hall–Kier alpha value is -8.37. The number of benzene rings is 2. The molecule has 34 heteroatoms. The minimum atomic E-state index is -2.46. The third-order valence-corrected chi connectivity index (χ3v) is 24.9. The van der Waals surface area contributed by atoms with Gasteiger partial charge in [-0.05, 0) is 161 Å². The molecule has 0 unspecified atom stereocenters. The van der Waals surface area contributed by atoms with E-state index in [2.05, 4.69) is 44.5 Å². The number of allylic oxidation sites excluding steroid dienone is 6. The summed E-state index contributed by atoms with van der Waals surface area (Å²) in [6.45, 7) is 20.6. The number of nitrogens with one attached hydrogen (secondary N) is 2. The maximum Gasteiger partial charge on any atom is 0.407 e. The van der Waals surface area contributed by atoms with Gasteiger partial charge < -0.3 is 118 Å². The van der Waals surface area contributed by atoms with Crippen LogP contribution in [0.5, 0.6) is 0 Å². The Morgan fingerprint density at radius 2 is 1.32 bits per heavy atom. The first-order valence-corrected chi connectivity index (χ1v) is 46.4. The van der Waals surface area contributed by atoms with E-state index in [1.807, 2.05) is 85.1 Å². The first kappa shape index (κ1) is 104. The Morgan fingerprint density at radius 1 is 0.662 bits per heavy atom. The number of alkyl carbamates (subject to hydrolysis) is 1. The second-order valence-electron chi connectivity index (χ2n) is 34.8. The number of anilines is 1. The van der Waals surface area contributed by atoms with Gasteiger partial charge in [0.05, 0.1) is 169 Å². The summed E-state index contributed by atoms with van der Waals surface area (Å²) in [7, 11) is 3.12. The van der Waals surface area contributed by atoms with Gasteiger partial charge in [-0.2, -0.15) is 5.10 Å². The predicted molar refractivity (Wildman–Crippen MR) is 486 cm³/mol. The molecule has 10 rings (SSSR count). The number of amides is 3. The van der Waals surface area contributed by atoms with Gasteiger partial charge in [0, 0.05) is 87.4 Å². The number of nitrogens with two attached hydrogens (primary N) is 2. The van der Waals surface area contributed by atoms with Crippen LogP contribution < -0.4 is 16.8 Å². The van der Waals surface area contributed by atoms with Gasteiger partial charge in [0.1, 0.15) is 48.3 Å². The number of methoxy groups -OCH3 is 2. The van der Waals surface area contributed by atoms with E-state index >= 15 is 0 Å². The van der Waals surface area contributed by atoms with Crippen LogP contribution in [-0.4, -0.2) is 312 Å². The average molecular weight is 1820 g/mol. The van der Waals surface area contributed by atoms with Crippen LogP contribution in [0, 0.1) is 29.6 Å². The van der Waals surface area contributed by atoms with E-state index in [-0.39, 0.29) is 56.2 Å². The zero-order chi connectivity index (χ0) is 92.7. The lowest BCUT2D eigenvalue weighted by molar-refractivity contribution is -0.265. The Balaban J connectivity index is 0.515. The summed E-state index contributed by atoms with van der Waals surface area (Å²) in [5.41, 5.74) is 21.6. The summed E-state index contributed by atoms with van der Waals surface area (Å²) in [6.07, 6.45) is 14.4. The van der Waals surface area contributed by atoms with Crippen molar-refractivity contribution in [3.8, 4) is 11.3 Å². The first-order chi connectivity index (χ1) is 62.9. The molecule has 2 saturated heterocycles. The minimum Gasteiger partial charge on any atom is -0.459 e. The van der Waals surface area contributed by atoms with E-state index in [4.69, 9.17) is 87.6 Å². The van der Waals surface area contributed by atoms with Crippen LogP contribution in [0.4, 0.5) is 10.6 Å². The molecule has 2 bridgehead atoms. The lowest BCUT2D eigenvalue weighted by Gasteiger charge is -2.42. The number of ketones is 2. The number of aromatic amines is 1. The maximum atomic E-state index is 14.7. The number of nitrogen functional groups attached to an aromatic ring is 1. The highest BCUT2D eigenvalue weighted by atomic mass is 16.6. The second-order valence-corrected chi connectivity index (χ2v) is 34.8. The fraction of sp³-hybridized carbons (Fsp3) is 0.656. The molecule has 1 aliphatic carbocycles. The first-order valence-electron chi connectivity index (χ1n) is 46.4. The molecule has 9 N–H and O–H groups in total. The molecule has 15 atom stereocenters. The highest BCUT2D eigenvalue weighted by molar-refractivity contribution is 6.39. The fourth-order valence-corrected chi connectivity index (χ4v) is 17.4. The maximum absolute atomic E-state index is 14.7. The smallest absolute Gasteiger partial charge is 0.407 e. The number of cyclic esters (lactones) is 1. The number of hydrogen-bond acceptors (Lipinski definition) is 29. The largest absolute Gasteiger partial charge is 0.459 e. The van der Waals surface area contributed by atoms with E-state index in [1.54, 1.807) is 41.1 Å². The summed E-state index contributed by atoms with van der Waals surface area (Å²) in [6, 6.07) is 12.7. The molecule has 34 nitrogen and oxygen atoms in total. The Morgan fingerprint density at radius 3 is 1.97 bits per heavy atom. The fourth-order valence-electron chi connectivity index (χ4n) is 17.4. The lowest BCUT2D eigenvalue weighted by Crippen LogP contribution is -2.61. The van der Waals surface area contributed by atoms with Crippen molar-refractivity contribution in [3.63, 3.8) is 0 Å². The van der Waals surface area contributed by atoms with Crippen LogP contribution >= 0.6 is 0 Å². The molecule has 5 aromatic rings. The average Bonchev–Trinajstić information content (AvgIpc) is 1.72. The number of piperidine rings is 1. The number of ether oxygens (including phenoxy) is 15. The summed E-state index contributed by atoms with van der Waals surface area (Å²) in [4.78, 5) is 98.5. The van der Waals surface area contributed by atoms with Crippen molar-refractivity contribution >= 4 is 63.2 Å². The van der Waals surface area contributed by atoms with Gasteiger partial charge in [-0.1, -0.05) is 88.4 Å². The van der Waals surface area contributed by atoms with Crippen LogP contribution in [0.25, 0.3) is 33.2 Å². The summed E-state index contributed by atoms with van der Waals surface area (Å²) in [5, 5.41) is 44.2. The highest BCUT2D eigenvalue weighted by Crippen LogP contribution is 2.39. The number of hydrogen-bond donors (Lipinski definition) is 7. The number of carbonyl (C=O) groups is 6. The molecule has 4 aliphatic heterocycles. The van der Waals surface area contributed by atoms with Gasteiger partial charge in [0.25, 0.3) is 11.7 Å². The SMILES string of the molecule is CO[C@H]1C[C@@H]2CC[C@@H](C)[C@@](O)(O2)C(=O)C(=O)N2CCCC[C@H]2C(=O)O[C@H]([C@H](N)C[C@@H]2CC[C@@H](OC(=O)NCCOCCOCCOCCOCCOCCOCCOCCOCCOCCOCCC(=O)N3CCc4cc(Cn5nc(-c6ccc7[nH]ccc7c6)c6c(N)ncnc65)ccc4C3)[C@H](OC)C2)CC[C@H](C)/C=C(\C)[C@@H](O)[C@@H](O)C(=O)[C@H](C)C[C@H](C)/C=C/C=CC=C1C. The third kappa shape index (κ3) is 31.9. The van der Waals surface area contributed by atoms with Crippen molar-refractivity contribution in [2.75, 3.05) is 172 Å². The van der Waals surface area contributed by atoms with Crippen molar-refractivity contribution in [1.82, 2.24) is 39.8 Å². The van der Waals surface area contributed by atoms with Gasteiger partial charge in [-0.3, -0.25) is 19.2 Å². The second kappa shape index (κ2) is 54.7. The van der Waals surface area contributed by atoms with Crippen LogP contribution in [0.1, 0.15) is 148 Å². The molecular formula is C96H142N10O24. The number of rotatable bonds is 42. The molecule has 130 heavy (non-hydrogen) atoms. The van der Waals surface area contributed by atoms with Crippen LogP contribution in [-0.2, 0) is 115 Å². The molecule has 2 aromatic carbocycles. The van der Waals surface area contributed by atoms with Gasteiger partial charge in [0.15, 0.2) is 11.4 Å². The van der Waals surface area contributed by atoms with Crippen molar-refractivity contribution in [1.29, 1.82) is 0 Å². The minimum absolute atomic E-state index is 0.0361. The normalized spacial score (nSPS) is 26.0. The molecule has 720 valence electrons. The van der Waals surface area contributed by atoms with Crippen LogP contribution in [0.3, 0.4) is 0 Å². The standard InChI is InChI=1S/C96H142N10O24/c1-64-14-10-9-11-15-66(3)82(116-7)60-76-23-18-69(6)96(115,130-76)90(111)93(112)105-32-13-12-16-79(105)94(113)128-80(25-17-65(2)55-68(5)88(109)89(110)87(108)67(4)54-64)77(97)57-70-20-26-81(83(58-70)117-8)129-95(114)100-31-35-119-37-39-121-41-43-123-45-47-125-49-51-127-53-52-126-50-48-124-46-44-122-42-40-120-38-36-118-34-29-84(107)104-33-28-72-56-71(19-21-75(72)62-104)61-106-92-85(91(98)101-63-102-92)86(103-106)74-22-24-78-73(59-74)27-30-99-78/h9-11,14-15,19,21-22,24,27,30,55-56,59,63-65,67,69-70,76-77,79-83,88-89,99,109-110,115H,12-13,16-18,20,23,25-26,28-29,31-54,57-58,60-62,97H2,1-8H3,(H,100,114)(H2,98,101,102)/b11-9?,14-10+,66-15?,68-55+/t64-,65+,67-,69-,70+,76+,77-,79+,80+,81-,82+,83-,88-,89+,96-/m1/s1. The van der Waals surface area contributed by atoms with Crippen molar-refractivity contribution < 1.29 is 115 Å². The quantitative estimate of drug-likeness (QED) is 0.00829. The van der Waals surface area contributed by atoms with E-state index in [1.165, 1.54) is 16.8 Å². The molecular weight excluding hydrogens is 1680 g/mol. The van der Waals surface area contributed by atoms with Crippen LogP contribution in [0.15, 0.2) is 103 Å². The number of aromatic nitrogens is 5. The van der Waals surface area contributed by atoms with E-state index in [9.17, 15) is 44.1 Å². The monoisotopic (exact) mass is 1820 g/mol. The highest BCUT2D eigenvalue weighted by Gasteiger charge is 2.53. The number of fused-ring (bicyclic) bond motifs is 6. The molecule has 0 spiro atoms. The van der Waals surface area contributed by atoms with Gasteiger partial charge in [0.2, 0.25) is 11.7 Å². The zero-order valence-corrected chi connectivity index (χ0v) is 77.3. The summed E-state index contributed by atoms with van der Waals surface area (Å²) >= 11 is 0. The van der Waals surface area contributed by atoms with E-state index in [0.717, 1.165) is 50.7 Å². The number of Topliss-reactive ketones (excluding diaryl/α,β-unsaturated/α-hetero) is 2. The number of nitrogens with zero attached hydrogens (tertiary/aromatic N) is 6. The van der Waals surface area contributed by atoms with E-state index < -0.39 is 102 Å². The topological polar surface area (TPSA) is 431 Å². The van der Waals surface area contributed by atoms with Crippen molar-refractivity contribution in [2.45, 2.75) is 212 Å². The number of esters is 1. The van der Waals surface area contributed by atoms with Gasteiger partial charge in [-0.25, -0.2) is 24.2 Å². The van der Waals surface area contributed by atoms with E-state index in [0.29, 0.717) is 239 Å². The molecule has 0 radical (unpaired) electrons. The Kier molecular flexibility index (Phi) is 43.7. The molecule has 5 aliphatic rings. The Labute approximate surface area is 763 Å². The number of carbonyl (C=O) groups excluding carboxylic acids is 6. The molecule has 7 heterocycles. The number of aliphatic hydroxyl groups excluding tert-OH is 2. The zero-order valence-electron chi connectivity index (χ0n) is 77.3. The summed E-state index contributed by atoms with van der Waals surface area (Å²) < 4.78 is 88.4. The number of H-pyrrole nitrogens is 1. The van der Waals surface area contributed by atoms with Gasteiger partial charge in [-0.15, -0.1) is 0 Å². The molecule has 1 saturated carbocycles. The molecule has 3 fully saturated rings. The Bertz CT molecular complexity index is 4460. The predicted octanol–water partition coefficient (Wildman–Crippen LogP) is 8.83. The molecule has 3 amide bonds. The van der Waals surface area contributed by atoms with Crippen LogP contribution in [0.2, 0.25) is 0 Å². The van der Waals surface area contributed by atoms with Crippen molar-refractivity contribution in [3.05, 3.63) is 119 Å². The lowest BCUT2D eigenvalue weighted by atomic mass is 9.80. The molecule has 3 aromatic heterocycles. The van der Waals surface area contributed by atoms with Gasteiger partial charge >= 0.3 is 12.1 Å². The van der Waals surface area contributed by atoms with Crippen molar-refractivity contribution in [2.24, 2.45) is 35.3 Å².